The standard InChI is InChI=1S/C13H26N2O/c1-10(6-4-7-11(2)14)13(16)15-9-5-8-12(15)3/h10-12H,4-9,14H2,1-3H3. The van der Waals surface area contributed by atoms with Crippen molar-refractivity contribution in [3.8, 4) is 0 Å². The van der Waals surface area contributed by atoms with Crippen LogP contribution in [0.15, 0.2) is 0 Å². The van der Waals surface area contributed by atoms with Crippen LogP contribution in [0.5, 0.6) is 0 Å². The minimum absolute atomic E-state index is 0.166. The van der Waals surface area contributed by atoms with Gasteiger partial charge in [-0.3, -0.25) is 4.79 Å². The molecule has 1 aliphatic rings. The van der Waals surface area contributed by atoms with Crippen molar-refractivity contribution in [1.82, 2.24) is 4.90 Å². The maximum atomic E-state index is 12.1. The lowest BCUT2D eigenvalue weighted by Gasteiger charge is -2.25. The molecule has 94 valence electrons. The predicted molar refractivity (Wildman–Crippen MR) is 67.1 cm³/mol. The molecule has 0 radical (unpaired) electrons. The molecule has 0 saturated carbocycles. The summed E-state index contributed by atoms with van der Waals surface area (Å²) in [7, 11) is 0. The Kier molecular flexibility index (Phi) is 5.26. The van der Waals surface area contributed by atoms with E-state index in [1.165, 1.54) is 6.42 Å². The number of likely N-dealkylation sites (tertiary alicyclic amines) is 1. The Morgan fingerprint density at radius 1 is 1.44 bits per heavy atom. The molecule has 1 heterocycles. The molecule has 3 atom stereocenters. The average molecular weight is 226 g/mol. The molecule has 3 nitrogen and oxygen atoms in total. The fourth-order valence-corrected chi connectivity index (χ4v) is 2.41. The molecule has 3 heteroatoms. The SMILES string of the molecule is CC(N)CCCC(C)C(=O)N1CCCC1C. The summed E-state index contributed by atoms with van der Waals surface area (Å²) in [6.07, 6.45) is 5.39. The second-order valence-electron chi connectivity index (χ2n) is 5.33. The van der Waals surface area contributed by atoms with Gasteiger partial charge in [0.2, 0.25) is 5.91 Å². The fourth-order valence-electron chi connectivity index (χ4n) is 2.41. The highest BCUT2D eigenvalue weighted by Crippen LogP contribution is 2.21. The van der Waals surface area contributed by atoms with Crippen LogP contribution in [0, 0.1) is 5.92 Å². The van der Waals surface area contributed by atoms with Gasteiger partial charge in [-0.25, -0.2) is 0 Å². The van der Waals surface area contributed by atoms with E-state index in [-0.39, 0.29) is 12.0 Å². The smallest absolute Gasteiger partial charge is 0.225 e. The molecule has 2 N–H and O–H groups in total. The van der Waals surface area contributed by atoms with Gasteiger partial charge in [-0.05, 0) is 39.5 Å². The molecule has 1 amide bonds. The number of nitrogens with two attached hydrogens (primary N) is 1. The van der Waals surface area contributed by atoms with Crippen molar-refractivity contribution in [2.45, 2.75) is 65.0 Å². The fraction of sp³-hybridized carbons (Fsp3) is 0.923. The minimum Gasteiger partial charge on any atom is -0.340 e. The Hall–Kier alpha value is -0.570. The summed E-state index contributed by atoms with van der Waals surface area (Å²) >= 11 is 0. The summed E-state index contributed by atoms with van der Waals surface area (Å²) in [5, 5.41) is 0. The van der Waals surface area contributed by atoms with Crippen LogP contribution >= 0.6 is 0 Å². The quantitative estimate of drug-likeness (QED) is 0.780. The highest BCUT2D eigenvalue weighted by Gasteiger charge is 2.27. The Balaban J connectivity index is 2.30. The molecule has 0 aromatic heterocycles. The molecule has 0 aromatic rings. The van der Waals surface area contributed by atoms with Crippen molar-refractivity contribution >= 4 is 5.91 Å². The molecule has 3 unspecified atom stereocenters. The number of carbonyl (C=O) groups excluding carboxylic acids is 1. The molecule has 0 aromatic carbocycles. The van der Waals surface area contributed by atoms with Crippen molar-refractivity contribution in [3.63, 3.8) is 0 Å². The average Bonchev–Trinajstić information content (AvgIpc) is 2.62. The number of hydrogen-bond donors (Lipinski definition) is 1. The van der Waals surface area contributed by atoms with E-state index in [2.05, 4.69) is 18.7 Å². The number of rotatable bonds is 5. The number of hydrogen-bond acceptors (Lipinski definition) is 2. The highest BCUT2D eigenvalue weighted by molar-refractivity contribution is 5.79. The predicted octanol–water partition coefficient (Wildman–Crippen LogP) is 2.15. The third kappa shape index (κ3) is 3.78. The van der Waals surface area contributed by atoms with E-state index in [1.54, 1.807) is 0 Å². The topological polar surface area (TPSA) is 46.3 Å². The zero-order valence-corrected chi connectivity index (χ0v) is 10.9. The molecule has 0 aliphatic carbocycles. The van der Waals surface area contributed by atoms with Gasteiger partial charge >= 0.3 is 0 Å². The van der Waals surface area contributed by atoms with E-state index in [1.807, 2.05) is 6.92 Å². The second kappa shape index (κ2) is 6.24. The second-order valence-corrected chi connectivity index (χ2v) is 5.33. The van der Waals surface area contributed by atoms with Crippen LogP contribution in [-0.2, 0) is 4.79 Å². The van der Waals surface area contributed by atoms with Crippen LogP contribution in [0.1, 0.15) is 52.9 Å². The molecule has 16 heavy (non-hydrogen) atoms. The first kappa shape index (κ1) is 13.5. The zero-order valence-electron chi connectivity index (χ0n) is 10.9. The Labute approximate surface area is 99.4 Å². The highest BCUT2D eigenvalue weighted by atomic mass is 16.2. The van der Waals surface area contributed by atoms with Gasteiger partial charge in [0, 0.05) is 24.5 Å². The summed E-state index contributed by atoms with van der Waals surface area (Å²) < 4.78 is 0. The van der Waals surface area contributed by atoms with Gasteiger partial charge in [-0.1, -0.05) is 13.3 Å². The van der Waals surface area contributed by atoms with Gasteiger partial charge in [0.25, 0.3) is 0 Å². The lowest BCUT2D eigenvalue weighted by molar-refractivity contribution is -0.135. The van der Waals surface area contributed by atoms with Crippen LogP contribution in [0.3, 0.4) is 0 Å². The monoisotopic (exact) mass is 226 g/mol. The lowest BCUT2D eigenvalue weighted by Crippen LogP contribution is -2.37. The molecule has 1 aliphatic heterocycles. The number of nitrogens with zero attached hydrogens (tertiary/aromatic N) is 1. The molecule has 0 spiro atoms. The van der Waals surface area contributed by atoms with Crippen molar-refractivity contribution in [1.29, 1.82) is 0 Å². The van der Waals surface area contributed by atoms with Crippen LogP contribution in [-0.4, -0.2) is 29.4 Å². The third-order valence-electron chi connectivity index (χ3n) is 3.55. The maximum Gasteiger partial charge on any atom is 0.225 e. The van der Waals surface area contributed by atoms with Crippen LogP contribution in [0.4, 0.5) is 0 Å². The molecule has 1 rings (SSSR count). The van der Waals surface area contributed by atoms with E-state index in [0.717, 1.165) is 32.2 Å². The molecular weight excluding hydrogens is 200 g/mol. The van der Waals surface area contributed by atoms with Gasteiger partial charge < -0.3 is 10.6 Å². The molecule has 0 bridgehead atoms. The van der Waals surface area contributed by atoms with E-state index in [4.69, 9.17) is 5.73 Å². The molecular formula is C13H26N2O. The number of carbonyl (C=O) groups is 1. The minimum atomic E-state index is 0.166. The van der Waals surface area contributed by atoms with Crippen molar-refractivity contribution < 1.29 is 4.79 Å². The van der Waals surface area contributed by atoms with Gasteiger partial charge in [0.15, 0.2) is 0 Å². The van der Waals surface area contributed by atoms with E-state index in [0.29, 0.717) is 11.9 Å². The van der Waals surface area contributed by atoms with E-state index < -0.39 is 0 Å². The Bertz CT molecular complexity index is 228. The Morgan fingerprint density at radius 2 is 2.12 bits per heavy atom. The summed E-state index contributed by atoms with van der Waals surface area (Å²) in [6, 6.07) is 0.705. The van der Waals surface area contributed by atoms with Crippen molar-refractivity contribution in [2.75, 3.05) is 6.54 Å². The first-order valence-electron chi connectivity index (χ1n) is 6.58. The van der Waals surface area contributed by atoms with Crippen LogP contribution in [0.25, 0.3) is 0 Å². The normalized spacial score (nSPS) is 24.5. The van der Waals surface area contributed by atoms with Crippen molar-refractivity contribution in [3.05, 3.63) is 0 Å². The summed E-state index contributed by atoms with van der Waals surface area (Å²) in [5.41, 5.74) is 5.70. The lowest BCUT2D eigenvalue weighted by atomic mass is 10.0. The summed E-state index contributed by atoms with van der Waals surface area (Å²) in [5.74, 6) is 0.508. The number of amides is 1. The van der Waals surface area contributed by atoms with Crippen molar-refractivity contribution in [2.24, 2.45) is 11.7 Å². The largest absolute Gasteiger partial charge is 0.340 e. The van der Waals surface area contributed by atoms with Gasteiger partial charge in [-0.2, -0.15) is 0 Å². The summed E-state index contributed by atoms with van der Waals surface area (Å²) in [4.78, 5) is 14.2. The van der Waals surface area contributed by atoms with Crippen LogP contribution < -0.4 is 5.73 Å². The zero-order chi connectivity index (χ0) is 12.1. The van der Waals surface area contributed by atoms with Crippen LogP contribution in [0.2, 0.25) is 0 Å². The first-order valence-corrected chi connectivity index (χ1v) is 6.58. The van der Waals surface area contributed by atoms with Gasteiger partial charge in [0.05, 0.1) is 0 Å². The molecule has 1 saturated heterocycles. The third-order valence-corrected chi connectivity index (χ3v) is 3.55. The van der Waals surface area contributed by atoms with Gasteiger partial charge in [-0.15, -0.1) is 0 Å². The summed E-state index contributed by atoms with van der Waals surface area (Å²) in [6.45, 7) is 7.18. The van der Waals surface area contributed by atoms with E-state index in [9.17, 15) is 4.79 Å². The van der Waals surface area contributed by atoms with Gasteiger partial charge in [0.1, 0.15) is 0 Å². The maximum absolute atomic E-state index is 12.1. The molecule has 1 fully saturated rings. The Morgan fingerprint density at radius 3 is 2.62 bits per heavy atom. The van der Waals surface area contributed by atoms with E-state index >= 15 is 0 Å². The first-order chi connectivity index (χ1) is 7.52.